The molecule has 3 atom stereocenters. The Hall–Kier alpha value is -0.120. The van der Waals surface area contributed by atoms with E-state index in [1.54, 1.807) is 0 Å². The summed E-state index contributed by atoms with van der Waals surface area (Å²) in [5.74, 6) is 0. The van der Waals surface area contributed by atoms with Crippen LogP contribution in [0.15, 0.2) is 0 Å². The van der Waals surface area contributed by atoms with Crippen LogP contribution in [-0.4, -0.2) is 38.5 Å². The maximum atomic E-state index is 6.02. The number of nitrogens with one attached hydrogen (secondary N) is 1. The average molecular weight is 199 g/mol. The SMILES string of the molecule is CNCC1CCCC(C2CCCO2)O1. The molecule has 2 aliphatic rings. The standard InChI is InChI=1S/C11H21NO2/c1-12-8-9-4-2-5-11(14-9)10-6-3-7-13-10/h9-12H,2-8H2,1H3. The van der Waals surface area contributed by atoms with Crippen LogP contribution in [0.1, 0.15) is 32.1 Å². The predicted molar refractivity (Wildman–Crippen MR) is 55.4 cm³/mol. The van der Waals surface area contributed by atoms with E-state index in [1.807, 2.05) is 7.05 Å². The van der Waals surface area contributed by atoms with Crippen molar-refractivity contribution in [2.45, 2.75) is 50.4 Å². The Balaban J connectivity index is 1.80. The van der Waals surface area contributed by atoms with Crippen LogP contribution in [0.4, 0.5) is 0 Å². The fourth-order valence-electron chi connectivity index (χ4n) is 2.48. The average Bonchev–Trinajstić information content (AvgIpc) is 2.71. The first-order valence-electron chi connectivity index (χ1n) is 5.82. The smallest absolute Gasteiger partial charge is 0.0841 e. The van der Waals surface area contributed by atoms with Gasteiger partial charge in [-0.3, -0.25) is 0 Å². The highest BCUT2D eigenvalue weighted by Gasteiger charge is 2.31. The van der Waals surface area contributed by atoms with Crippen molar-refractivity contribution in [3.8, 4) is 0 Å². The molecule has 0 aromatic carbocycles. The molecule has 3 nitrogen and oxygen atoms in total. The van der Waals surface area contributed by atoms with Crippen molar-refractivity contribution in [3.63, 3.8) is 0 Å². The van der Waals surface area contributed by atoms with Crippen LogP contribution in [0.5, 0.6) is 0 Å². The highest BCUT2D eigenvalue weighted by atomic mass is 16.5. The molecule has 0 amide bonds. The van der Waals surface area contributed by atoms with E-state index in [1.165, 1.54) is 32.1 Å². The van der Waals surface area contributed by atoms with Gasteiger partial charge < -0.3 is 14.8 Å². The van der Waals surface area contributed by atoms with E-state index in [2.05, 4.69) is 5.32 Å². The Morgan fingerprint density at radius 2 is 2.00 bits per heavy atom. The van der Waals surface area contributed by atoms with E-state index < -0.39 is 0 Å². The Morgan fingerprint density at radius 3 is 2.71 bits per heavy atom. The summed E-state index contributed by atoms with van der Waals surface area (Å²) in [6, 6.07) is 0. The molecule has 0 spiro atoms. The number of rotatable bonds is 3. The molecular formula is C11H21NO2. The van der Waals surface area contributed by atoms with Crippen molar-refractivity contribution < 1.29 is 9.47 Å². The van der Waals surface area contributed by atoms with Crippen LogP contribution in [0.25, 0.3) is 0 Å². The minimum absolute atomic E-state index is 0.365. The number of likely N-dealkylation sites (N-methyl/N-ethyl adjacent to an activating group) is 1. The van der Waals surface area contributed by atoms with Crippen LogP contribution in [0.3, 0.4) is 0 Å². The predicted octanol–water partition coefficient (Wildman–Crippen LogP) is 1.32. The summed E-state index contributed by atoms with van der Waals surface area (Å²) in [6.45, 7) is 1.91. The zero-order chi connectivity index (χ0) is 9.80. The summed E-state index contributed by atoms with van der Waals surface area (Å²) in [4.78, 5) is 0. The zero-order valence-electron chi connectivity index (χ0n) is 9.00. The third-order valence-corrected chi connectivity index (χ3v) is 3.19. The van der Waals surface area contributed by atoms with E-state index in [-0.39, 0.29) is 0 Å². The molecule has 2 saturated heterocycles. The van der Waals surface area contributed by atoms with Gasteiger partial charge in [0.05, 0.1) is 18.3 Å². The van der Waals surface area contributed by atoms with Crippen molar-refractivity contribution in [1.29, 1.82) is 0 Å². The Labute approximate surface area is 86.2 Å². The lowest BCUT2D eigenvalue weighted by molar-refractivity contribution is -0.108. The van der Waals surface area contributed by atoms with Gasteiger partial charge in [0.25, 0.3) is 0 Å². The highest BCUT2D eigenvalue weighted by Crippen LogP contribution is 2.27. The van der Waals surface area contributed by atoms with Crippen LogP contribution in [0.2, 0.25) is 0 Å². The molecule has 1 N–H and O–H groups in total. The highest BCUT2D eigenvalue weighted by molar-refractivity contribution is 4.80. The van der Waals surface area contributed by atoms with E-state index in [0.29, 0.717) is 18.3 Å². The summed E-state index contributed by atoms with van der Waals surface area (Å²) < 4.78 is 11.7. The summed E-state index contributed by atoms with van der Waals surface area (Å²) in [5.41, 5.74) is 0. The van der Waals surface area contributed by atoms with Gasteiger partial charge in [0.15, 0.2) is 0 Å². The second kappa shape index (κ2) is 5.10. The maximum absolute atomic E-state index is 6.02. The lowest BCUT2D eigenvalue weighted by Gasteiger charge is -2.33. The maximum Gasteiger partial charge on any atom is 0.0841 e. The van der Waals surface area contributed by atoms with Gasteiger partial charge in [-0.15, -0.1) is 0 Å². The molecule has 14 heavy (non-hydrogen) atoms. The van der Waals surface area contributed by atoms with Gasteiger partial charge >= 0.3 is 0 Å². The van der Waals surface area contributed by atoms with E-state index in [0.717, 1.165) is 13.2 Å². The Morgan fingerprint density at radius 1 is 1.14 bits per heavy atom. The summed E-state index contributed by atoms with van der Waals surface area (Å²) >= 11 is 0. The molecular weight excluding hydrogens is 178 g/mol. The van der Waals surface area contributed by atoms with E-state index >= 15 is 0 Å². The molecule has 2 heterocycles. The molecule has 0 saturated carbocycles. The first-order chi connectivity index (χ1) is 6.90. The molecule has 2 fully saturated rings. The molecule has 2 rings (SSSR count). The molecule has 2 aliphatic heterocycles. The van der Waals surface area contributed by atoms with Crippen LogP contribution in [-0.2, 0) is 9.47 Å². The topological polar surface area (TPSA) is 30.5 Å². The fourth-order valence-corrected chi connectivity index (χ4v) is 2.48. The van der Waals surface area contributed by atoms with Gasteiger partial charge in [0.1, 0.15) is 0 Å². The molecule has 3 heteroatoms. The van der Waals surface area contributed by atoms with Crippen molar-refractivity contribution >= 4 is 0 Å². The second-order valence-corrected chi connectivity index (χ2v) is 4.34. The molecule has 3 unspecified atom stereocenters. The molecule has 0 bridgehead atoms. The largest absolute Gasteiger partial charge is 0.376 e. The van der Waals surface area contributed by atoms with E-state index in [4.69, 9.17) is 9.47 Å². The van der Waals surface area contributed by atoms with Gasteiger partial charge in [0, 0.05) is 13.2 Å². The number of hydrogen-bond acceptors (Lipinski definition) is 3. The van der Waals surface area contributed by atoms with Crippen LogP contribution < -0.4 is 5.32 Å². The van der Waals surface area contributed by atoms with Gasteiger partial charge in [-0.25, -0.2) is 0 Å². The first-order valence-corrected chi connectivity index (χ1v) is 5.82. The zero-order valence-corrected chi connectivity index (χ0v) is 9.00. The van der Waals surface area contributed by atoms with Gasteiger partial charge in [-0.05, 0) is 39.2 Å². The lowest BCUT2D eigenvalue weighted by atomic mass is 9.99. The molecule has 0 aromatic rings. The first kappa shape index (κ1) is 10.4. The van der Waals surface area contributed by atoms with Gasteiger partial charge in [-0.1, -0.05) is 0 Å². The van der Waals surface area contributed by atoms with Crippen LogP contribution >= 0.6 is 0 Å². The van der Waals surface area contributed by atoms with Gasteiger partial charge in [0.2, 0.25) is 0 Å². The molecule has 0 aromatic heterocycles. The van der Waals surface area contributed by atoms with Crippen molar-refractivity contribution in [3.05, 3.63) is 0 Å². The second-order valence-electron chi connectivity index (χ2n) is 4.34. The van der Waals surface area contributed by atoms with Crippen LogP contribution in [0, 0.1) is 0 Å². The fraction of sp³-hybridized carbons (Fsp3) is 1.00. The normalized spacial score (nSPS) is 38.8. The minimum Gasteiger partial charge on any atom is -0.376 e. The van der Waals surface area contributed by atoms with Crippen molar-refractivity contribution in [2.24, 2.45) is 0 Å². The number of ether oxygens (including phenoxy) is 2. The monoisotopic (exact) mass is 199 g/mol. The summed E-state index contributed by atoms with van der Waals surface area (Å²) in [7, 11) is 1.99. The minimum atomic E-state index is 0.365. The number of hydrogen-bond donors (Lipinski definition) is 1. The molecule has 0 aliphatic carbocycles. The summed E-state index contributed by atoms with van der Waals surface area (Å²) in [6.07, 6.45) is 7.23. The third kappa shape index (κ3) is 2.47. The Bertz CT molecular complexity index is 167. The van der Waals surface area contributed by atoms with Crippen molar-refractivity contribution in [1.82, 2.24) is 5.32 Å². The third-order valence-electron chi connectivity index (χ3n) is 3.19. The lowest BCUT2D eigenvalue weighted by Crippen LogP contribution is -2.40. The molecule has 0 radical (unpaired) electrons. The quantitative estimate of drug-likeness (QED) is 0.743. The van der Waals surface area contributed by atoms with E-state index in [9.17, 15) is 0 Å². The van der Waals surface area contributed by atoms with Crippen molar-refractivity contribution in [2.75, 3.05) is 20.2 Å². The Kier molecular flexibility index (Phi) is 3.79. The summed E-state index contributed by atoms with van der Waals surface area (Å²) in [5, 5.41) is 3.18. The molecule has 82 valence electrons. The van der Waals surface area contributed by atoms with Gasteiger partial charge in [-0.2, -0.15) is 0 Å².